The highest BCUT2D eigenvalue weighted by Crippen LogP contribution is 2.43. The number of carbonyl (C=O) groups is 1. The molecule has 2 aromatic heterocycles. The molecule has 2 unspecified atom stereocenters. The summed E-state index contributed by atoms with van der Waals surface area (Å²) in [6, 6.07) is 10.2. The van der Waals surface area contributed by atoms with Crippen molar-refractivity contribution in [3.8, 4) is 5.75 Å². The fourth-order valence-electron chi connectivity index (χ4n) is 3.40. The predicted molar refractivity (Wildman–Crippen MR) is 130 cm³/mol. The van der Waals surface area contributed by atoms with E-state index >= 15 is 0 Å². The lowest BCUT2D eigenvalue weighted by atomic mass is 10.1. The number of pyridine rings is 2. The van der Waals surface area contributed by atoms with Gasteiger partial charge in [-0.25, -0.2) is 9.37 Å². The molecule has 168 valence electrons. The largest absolute Gasteiger partial charge is 0.540 e. The van der Waals surface area contributed by atoms with Crippen LogP contribution in [0.25, 0.3) is 10.9 Å². The van der Waals surface area contributed by atoms with Crippen molar-refractivity contribution in [3.63, 3.8) is 0 Å². The Hall–Kier alpha value is -2.32. The highest BCUT2D eigenvalue weighted by Gasteiger charge is 2.42. The molecule has 0 saturated heterocycles. The minimum Gasteiger partial charge on any atom is -0.540 e. The number of carbonyl (C=O) groups excluding carboxylic acids is 1. The maximum absolute atomic E-state index is 13.3. The summed E-state index contributed by atoms with van der Waals surface area (Å²) in [5.41, 5.74) is 1.87. The van der Waals surface area contributed by atoms with Crippen molar-refractivity contribution in [2.75, 3.05) is 0 Å². The lowest BCUT2D eigenvalue weighted by molar-refractivity contribution is 0.0943. The molecule has 5 nitrogen and oxygen atoms in total. The van der Waals surface area contributed by atoms with E-state index in [0.29, 0.717) is 15.9 Å². The Balaban J connectivity index is 1.67. The third-order valence-corrected chi connectivity index (χ3v) is 11.4. The van der Waals surface area contributed by atoms with Crippen LogP contribution < -0.4 is 9.74 Å². The molecule has 0 radical (unpaired) electrons. The second-order valence-electron chi connectivity index (χ2n) is 9.82. The summed E-state index contributed by atoms with van der Waals surface area (Å²) in [6.07, 6.45) is 2.50. The Morgan fingerprint density at radius 2 is 1.91 bits per heavy atom. The van der Waals surface area contributed by atoms with Gasteiger partial charge in [-0.1, -0.05) is 32.9 Å². The van der Waals surface area contributed by atoms with Gasteiger partial charge < -0.3 is 9.74 Å². The summed E-state index contributed by atoms with van der Waals surface area (Å²) >= 11 is 3.50. The van der Waals surface area contributed by atoms with Crippen molar-refractivity contribution in [2.24, 2.45) is 0 Å². The molecule has 32 heavy (non-hydrogen) atoms. The van der Waals surface area contributed by atoms with Gasteiger partial charge in [-0.05, 0) is 70.3 Å². The van der Waals surface area contributed by atoms with E-state index in [1.165, 1.54) is 12.1 Å². The Morgan fingerprint density at radius 1 is 1.22 bits per heavy atom. The zero-order valence-corrected chi connectivity index (χ0v) is 21.5. The molecular formula is C24H27BrFN3O2Si. The average molecular weight is 516 g/mol. The average Bonchev–Trinajstić information content (AvgIpc) is 3.48. The van der Waals surface area contributed by atoms with E-state index in [2.05, 4.69) is 65.1 Å². The number of halogens is 2. The number of aromatic nitrogens is 2. The number of nitrogens with zero attached hydrogens (tertiary/aromatic N) is 2. The molecule has 2 atom stereocenters. The summed E-state index contributed by atoms with van der Waals surface area (Å²) in [5, 5.41) is 3.82. The van der Waals surface area contributed by atoms with Gasteiger partial charge in [-0.3, -0.25) is 9.78 Å². The number of nitrogens with one attached hydrogen (secondary N) is 1. The van der Waals surface area contributed by atoms with E-state index in [-0.39, 0.29) is 34.4 Å². The number of hydrogen-bond acceptors (Lipinski definition) is 4. The van der Waals surface area contributed by atoms with Crippen LogP contribution in [0.5, 0.6) is 5.75 Å². The van der Waals surface area contributed by atoms with E-state index in [9.17, 15) is 9.18 Å². The molecule has 1 aromatic carbocycles. The molecule has 1 amide bonds. The number of amides is 1. The summed E-state index contributed by atoms with van der Waals surface area (Å²) in [7, 11) is -2.26. The van der Waals surface area contributed by atoms with Gasteiger partial charge in [-0.2, -0.15) is 0 Å². The van der Waals surface area contributed by atoms with Crippen LogP contribution in [-0.2, 0) is 0 Å². The Kier molecular flexibility index (Phi) is 5.88. The van der Waals surface area contributed by atoms with Gasteiger partial charge in [0.1, 0.15) is 15.9 Å². The van der Waals surface area contributed by atoms with Crippen LogP contribution in [0.2, 0.25) is 18.1 Å². The monoisotopic (exact) mass is 515 g/mol. The molecule has 1 aliphatic carbocycles. The standard InChI is InChI=1S/C24H27BrFN3O2Si/c1-24(2,3)32(4,5)31-21-19-16(7-6-12-27-19)22(25)29-20(21)23(30)28-18-13-17(18)14-8-10-15(26)11-9-14/h6-12,17-18H,13H2,1-5H3,(H,28,30). The van der Waals surface area contributed by atoms with Crippen molar-refractivity contribution >= 4 is 41.1 Å². The van der Waals surface area contributed by atoms with Crippen LogP contribution >= 0.6 is 15.9 Å². The van der Waals surface area contributed by atoms with Crippen molar-refractivity contribution in [1.29, 1.82) is 0 Å². The van der Waals surface area contributed by atoms with E-state index in [1.54, 1.807) is 18.3 Å². The quantitative estimate of drug-likeness (QED) is 0.324. The molecule has 1 fully saturated rings. The molecular weight excluding hydrogens is 489 g/mol. The predicted octanol–water partition coefficient (Wildman–Crippen LogP) is 6.20. The maximum atomic E-state index is 13.3. The molecule has 0 spiro atoms. The number of fused-ring (bicyclic) bond motifs is 1. The number of benzene rings is 1. The lowest BCUT2D eigenvalue weighted by Crippen LogP contribution is -2.44. The van der Waals surface area contributed by atoms with Gasteiger partial charge in [-0.15, -0.1) is 0 Å². The molecule has 1 N–H and O–H groups in total. The summed E-state index contributed by atoms with van der Waals surface area (Å²) in [4.78, 5) is 22.4. The minimum absolute atomic E-state index is 0.0197. The van der Waals surface area contributed by atoms with E-state index in [1.807, 2.05) is 12.1 Å². The highest BCUT2D eigenvalue weighted by molar-refractivity contribution is 9.10. The van der Waals surface area contributed by atoms with Crippen molar-refractivity contribution in [3.05, 3.63) is 64.3 Å². The Bertz CT molecular complexity index is 1180. The van der Waals surface area contributed by atoms with Gasteiger partial charge in [0.25, 0.3) is 14.2 Å². The maximum Gasteiger partial charge on any atom is 0.274 e. The number of hydrogen-bond donors (Lipinski definition) is 1. The second kappa shape index (κ2) is 8.23. The normalized spacial score (nSPS) is 18.5. The van der Waals surface area contributed by atoms with Crippen LogP contribution in [0.4, 0.5) is 4.39 Å². The third kappa shape index (κ3) is 4.43. The first-order valence-corrected chi connectivity index (χ1v) is 14.4. The van der Waals surface area contributed by atoms with Gasteiger partial charge in [0.05, 0.1) is 0 Å². The summed E-state index contributed by atoms with van der Waals surface area (Å²) in [5.74, 6) is 0.0555. The van der Waals surface area contributed by atoms with Gasteiger partial charge in [0, 0.05) is 23.5 Å². The SMILES string of the molecule is CC(C)(C)[Si](C)(C)Oc1c(C(=O)NC2CC2c2ccc(F)cc2)nc(Br)c2cccnc12. The fourth-order valence-corrected chi connectivity index (χ4v) is 4.91. The molecule has 1 saturated carbocycles. The summed E-state index contributed by atoms with van der Waals surface area (Å²) < 4.78 is 20.4. The second-order valence-corrected chi connectivity index (χ2v) is 15.3. The van der Waals surface area contributed by atoms with Crippen molar-refractivity contribution in [1.82, 2.24) is 15.3 Å². The first kappa shape index (κ1) is 22.9. The van der Waals surface area contributed by atoms with Gasteiger partial charge in [0.15, 0.2) is 11.4 Å². The van der Waals surface area contributed by atoms with Crippen LogP contribution in [-0.4, -0.2) is 30.2 Å². The molecule has 4 rings (SSSR count). The van der Waals surface area contributed by atoms with E-state index in [4.69, 9.17) is 4.43 Å². The third-order valence-electron chi connectivity index (χ3n) is 6.45. The zero-order valence-electron chi connectivity index (χ0n) is 18.9. The Morgan fingerprint density at radius 3 is 2.56 bits per heavy atom. The van der Waals surface area contributed by atoms with Crippen molar-refractivity contribution < 1.29 is 13.6 Å². The van der Waals surface area contributed by atoms with Gasteiger partial charge >= 0.3 is 0 Å². The first-order chi connectivity index (χ1) is 15.0. The first-order valence-electron chi connectivity index (χ1n) is 10.7. The van der Waals surface area contributed by atoms with Crippen LogP contribution in [0, 0.1) is 5.82 Å². The Labute approximate surface area is 197 Å². The number of rotatable bonds is 5. The van der Waals surface area contributed by atoms with Crippen molar-refractivity contribution in [2.45, 2.75) is 57.3 Å². The summed E-state index contributed by atoms with van der Waals surface area (Å²) in [6.45, 7) is 10.7. The minimum atomic E-state index is -2.26. The topological polar surface area (TPSA) is 64.1 Å². The van der Waals surface area contributed by atoms with Crippen LogP contribution in [0.3, 0.4) is 0 Å². The fraction of sp³-hybridized carbons (Fsp3) is 0.375. The van der Waals surface area contributed by atoms with Crippen LogP contribution in [0.1, 0.15) is 49.2 Å². The molecule has 0 aliphatic heterocycles. The molecule has 1 aliphatic rings. The molecule has 8 heteroatoms. The van der Waals surface area contributed by atoms with E-state index in [0.717, 1.165) is 17.4 Å². The lowest BCUT2D eigenvalue weighted by Gasteiger charge is -2.37. The molecule has 3 aromatic rings. The molecule has 0 bridgehead atoms. The highest BCUT2D eigenvalue weighted by atomic mass is 79.9. The zero-order chi connectivity index (χ0) is 23.3. The van der Waals surface area contributed by atoms with Gasteiger partial charge in [0.2, 0.25) is 0 Å². The van der Waals surface area contributed by atoms with Crippen LogP contribution in [0.15, 0.2) is 47.2 Å². The van der Waals surface area contributed by atoms with E-state index < -0.39 is 8.32 Å². The molecule has 2 heterocycles. The smallest absolute Gasteiger partial charge is 0.274 e.